The van der Waals surface area contributed by atoms with Crippen LogP contribution in [0.4, 0.5) is 0 Å². The Labute approximate surface area is 160 Å². The van der Waals surface area contributed by atoms with Crippen molar-refractivity contribution in [2.75, 3.05) is 19.9 Å². The number of nitrogens with zero attached hydrogens (tertiary/aromatic N) is 1. The number of nitrogens with one attached hydrogen (secondary N) is 1. The lowest BCUT2D eigenvalue weighted by atomic mass is 9.92. The van der Waals surface area contributed by atoms with E-state index in [0.29, 0.717) is 29.0 Å². The van der Waals surface area contributed by atoms with Crippen molar-refractivity contribution in [1.29, 1.82) is 0 Å². The largest absolute Gasteiger partial charge is 0.479 e. The van der Waals surface area contributed by atoms with Crippen molar-refractivity contribution in [3.63, 3.8) is 0 Å². The van der Waals surface area contributed by atoms with Gasteiger partial charge in [-0.3, -0.25) is 9.59 Å². The first-order chi connectivity index (χ1) is 13.5. The van der Waals surface area contributed by atoms with E-state index in [2.05, 4.69) is 5.32 Å². The molecule has 0 bridgehead atoms. The monoisotopic (exact) mass is 382 g/mol. The number of benzene rings is 2. The summed E-state index contributed by atoms with van der Waals surface area (Å²) in [7, 11) is 0. The molecular weight excluding hydrogens is 364 g/mol. The van der Waals surface area contributed by atoms with E-state index in [-0.39, 0.29) is 19.9 Å². The average molecular weight is 382 g/mol. The number of aliphatic carboxylic acids is 1. The van der Waals surface area contributed by atoms with Crippen LogP contribution in [0.1, 0.15) is 27.5 Å². The molecule has 2 aromatic carbocycles. The minimum atomic E-state index is -1.09. The Kier molecular flexibility index (Phi) is 4.60. The highest BCUT2D eigenvalue weighted by atomic mass is 16.7. The Morgan fingerprint density at radius 3 is 2.71 bits per heavy atom. The minimum Gasteiger partial charge on any atom is -0.479 e. The second-order valence-electron chi connectivity index (χ2n) is 6.53. The lowest BCUT2D eigenvalue weighted by molar-refractivity contribution is -0.150. The molecule has 0 aliphatic carbocycles. The molecule has 2 aliphatic rings. The zero-order valence-corrected chi connectivity index (χ0v) is 14.9. The van der Waals surface area contributed by atoms with E-state index < -0.39 is 23.8 Å². The molecule has 2 N–H and O–H groups in total. The molecule has 1 atom stereocenters. The molecule has 2 amide bonds. The minimum absolute atomic E-state index is 0.103. The number of carbonyl (C=O) groups is 3. The number of ether oxygens (including phenoxy) is 2. The Morgan fingerprint density at radius 2 is 1.89 bits per heavy atom. The van der Waals surface area contributed by atoms with E-state index in [0.717, 1.165) is 5.56 Å². The fourth-order valence-electron chi connectivity index (χ4n) is 3.50. The summed E-state index contributed by atoms with van der Waals surface area (Å²) < 4.78 is 10.4. The molecule has 2 aliphatic heterocycles. The third kappa shape index (κ3) is 3.24. The third-order valence-electron chi connectivity index (χ3n) is 4.87. The van der Waals surface area contributed by atoms with E-state index >= 15 is 0 Å². The van der Waals surface area contributed by atoms with Crippen molar-refractivity contribution >= 4 is 17.8 Å². The Morgan fingerprint density at radius 1 is 1.11 bits per heavy atom. The molecule has 2 aromatic rings. The SMILES string of the molecule is O=C(NCC(=O)N1CCc2ccccc2C1C(=O)O)c1ccc2c(c1)OCO2. The molecule has 0 radical (unpaired) electrons. The predicted octanol–water partition coefficient (Wildman–Crippen LogP) is 1.36. The fourth-order valence-corrected chi connectivity index (χ4v) is 3.50. The van der Waals surface area contributed by atoms with Crippen molar-refractivity contribution < 1.29 is 29.0 Å². The van der Waals surface area contributed by atoms with Crippen LogP contribution in [0, 0.1) is 0 Å². The van der Waals surface area contributed by atoms with E-state index in [1.807, 2.05) is 12.1 Å². The summed E-state index contributed by atoms with van der Waals surface area (Å²) in [5.74, 6) is -0.962. The number of hydrogen-bond donors (Lipinski definition) is 2. The van der Waals surface area contributed by atoms with Crippen LogP contribution < -0.4 is 14.8 Å². The van der Waals surface area contributed by atoms with Crippen molar-refractivity contribution in [1.82, 2.24) is 10.2 Å². The average Bonchev–Trinajstić information content (AvgIpc) is 3.18. The molecule has 8 heteroatoms. The first-order valence-electron chi connectivity index (χ1n) is 8.82. The zero-order valence-electron chi connectivity index (χ0n) is 14.9. The number of fused-ring (bicyclic) bond motifs is 2. The Balaban J connectivity index is 1.44. The maximum atomic E-state index is 12.6. The predicted molar refractivity (Wildman–Crippen MR) is 97.1 cm³/mol. The lowest BCUT2D eigenvalue weighted by Gasteiger charge is -2.34. The summed E-state index contributed by atoms with van der Waals surface area (Å²) in [4.78, 5) is 38.1. The standard InChI is InChI=1S/C20H18N2O6/c23-17(10-21-19(24)13-5-6-15-16(9-13)28-11-27-15)22-8-7-12-3-1-2-4-14(12)18(22)20(25)26/h1-6,9,18H,7-8,10-11H2,(H,21,24)(H,25,26). The van der Waals surface area contributed by atoms with Gasteiger partial charge in [-0.15, -0.1) is 0 Å². The van der Waals surface area contributed by atoms with Gasteiger partial charge in [-0.05, 0) is 35.7 Å². The van der Waals surface area contributed by atoms with E-state index in [9.17, 15) is 19.5 Å². The molecular formula is C20H18N2O6. The highest BCUT2D eigenvalue weighted by Gasteiger charge is 2.35. The van der Waals surface area contributed by atoms with Gasteiger partial charge in [0.05, 0.1) is 6.54 Å². The van der Waals surface area contributed by atoms with Gasteiger partial charge in [-0.2, -0.15) is 0 Å². The molecule has 8 nitrogen and oxygen atoms in total. The summed E-state index contributed by atoms with van der Waals surface area (Å²) >= 11 is 0. The topological polar surface area (TPSA) is 105 Å². The number of hydrogen-bond acceptors (Lipinski definition) is 5. The Hall–Kier alpha value is -3.55. The van der Waals surface area contributed by atoms with E-state index in [1.54, 1.807) is 30.3 Å². The van der Waals surface area contributed by atoms with Gasteiger partial charge < -0.3 is 24.8 Å². The van der Waals surface area contributed by atoms with Gasteiger partial charge in [-0.1, -0.05) is 24.3 Å². The normalized spacial score (nSPS) is 17.0. The van der Waals surface area contributed by atoms with Crippen molar-refractivity contribution in [3.8, 4) is 11.5 Å². The van der Waals surface area contributed by atoms with Crippen LogP contribution in [0.2, 0.25) is 0 Å². The molecule has 2 heterocycles. The first kappa shape index (κ1) is 17.8. The summed E-state index contributed by atoms with van der Waals surface area (Å²) in [6.45, 7) is 0.0951. The van der Waals surface area contributed by atoms with Crippen LogP contribution in [-0.2, 0) is 16.0 Å². The summed E-state index contributed by atoms with van der Waals surface area (Å²) in [5, 5.41) is 12.2. The lowest BCUT2D eigenvalue weighted by Crippen LogP contribution is -2.47. The number of amides is 2. The van der Waals surface area contributed by atoms with Crippen LogP contribution in [0.5, 0.6) is 11.5 Å². The molecule has 0 fully saturated rings. The maximum absolute atomic E-state index is 12.6. The molecule has 0 spiro atoms. The summed E-state index contributed by atoms with van der Waals surface area (Å²) in [6, 6.07) is 10.9. The van der Waals surface area contributed by atoms with Crippen LogP contribution in [0.15, 0.2) is 42.5 Å². The Bertz CT molecular complexity index is 957. The number of rotatable bonds is 4. The third-order valence-corrected chi connectivity index (χ3v) is 4.87. The molecule has 28 heavy (non-hydrogen) atoms. The van der Waals surface area contributed by atoms with Crippen LogP contribution >= 0.6 is 0 Å². The molecule has 4 rings (SSSR count). The second kappa shape index (κ2) is 7.22. The van der Waals surface area contributed by atoms with Crippen molar-refractivity contribution in [3.05, 3.63) is 59.2 Å². The van der Waals surface area contributed by atoms with Gasteiger partial charge in [0.1, 0.15) is 0 Å². The van der Waals surface area contributed by atoms with E-state index in [1.165, 1.54) is 4.90 Å². The molecule has 0 aromatic heterocycles. The first-order valence-corrected chi connectivity index (χ1v) is 8.82. The number of carboxylic acids is 1. The highest BCUT2D eigenvalue weighted by molar-refractivity contribution is 5.97. The molecule has 144 valence electrons. The smallest absolute Gasteiger partial charge is 0.331 e. The van der Waals surface area contributed by atoms with Crippen molar-refractivity contribution in [2.24, 2.45) is 0 Å². The molecule has 0 saturated carbocycles. The van der Waals surface area contributed by atoms with E-state index in [4.69, 9.17) is 9.47 Å². The van der Waals surface area contributed by atoms with Gasteiger partial charge in [0.25, 0.3) is 5.91 Å². The van der Waals surface area contributed by atoms with Crippen LogP contribution in [0.3, 0.4) is 0 Å². The summed E-state index contributed by atoms with van der Waals surface area (Å²) in [5.41, 5.74) is 1.86. The summed E-state index contributed by atoms with van der Waals surface area (Å²) in [6.07, 6.45) is 0.571. The quantitative estimate of drug-likeness (QED) is 0.827. The maximum Gasteiger partial charge on any atom is 0.331 e. The molecule has 1 unspecified atom stereocenters. The number of carboxylic acid groups (broad SMARTS) is 1. The van der Waals surface area contributed by atoms with Gasteiger partial charge in [0.2, 0.25) is 12.7 Å². The zero-order chi connectivity index (χ0) is 19.7. The van der Waals surface area contributed by atoms with Crippen LogP contribution in [0.25, 0.3) is 0 Å². The highest BCUT2D eigenvalue weighted by Crippen LogP contribution is 2.32. The second-order valence-corrected chi connectivity index (χ2v) is 6.53. The van der Waals surface area contributed by atoms with Crippen molar-refractivity contribution in [2.45, 2.75) is 12.5 Å². The van der Waals surface area contributed by atoms with Gasteiger partial charge >= 0.3 is 5.97 Å². The van der Waals surface area contributed by atoms with Crippen LogP contribution in [-0.4, -0.2) is 47.7 Å². The van der Waals surface area contributed by atoms with Gasteiger partial charge in [0, 0.05) is 12.1 Å². The molecule has 0 saturated heterocycles. The fraction of sp³-hybridized carbons (Fsp3) is 0.250. The van der Waals surface area contributed by atoms with Gasteiger partial charge in [0.15, 0.2) is 17.5 Å². The number of carbonyl (C=O) groups excluding carboxylic acids is 2. The van der Waals surface area contributed by atoms with Gasteiger partial charge in [-0.25, -0.2) is 4.79 Å².